The molecule has 0 aliphatic rings. The Kier molecular flexibility index (Phi) is 7.21. The first-order valence-electron chi connectivity index (χ1n) is 10.4. The van der Waals surface area contributed by atoms with Crippen LogP contribution in [0.15, 0.2) is 52.2 Å². The van der Waals surface area contributed by atoms with Gasteiger partial charge in [-0.05, 0) is 54.0 Å². The predicted octanol–water partition coefficient (Wildman–Crippen LogP) is 2.94. The SMILES string of the molecule is CCOc1cc(/C=N/NC(=O)c2c(C)nnn2-c2nonc2N)ccc1OCc1ccccc1Cl. The number of aryl methyl sites for hydroxylation is 1. The highest BCUT2D eigenvalue weighted by Crippen LogP contribution is 2.29. The molecule has 2 aromatic heterocycles. The fourth-order valence-electron chi connectivity index (χ4n) is 3.09. The second-order valence-corrected chi connectivity index (χ2v) is 7.53. The summed E-state index contributed by atoms with van der Waals surface area (Å²) in [7, 11) is 0. The van der Waals surface area contributed by atoms with Crippen LogP contribution in [0, 0.1) is 6.92 Å². The predicted molar refractivity (Wildman–Crippen MR) is 127 cm³/mol. The lowest BCUT2D eigenvalue weighted by atomic mass is 10.2. The highest BCUT2D eigenvalue weighted by Gasteiger charge is 2.22. The molecule has 0 atom stereocenters. The van der Waals surface area contributed by atoms with E-state index in [0.29, 0.717) is 34.4 Å². The maximum atomic E-state index is 12.7. The molecule has 0 aliphatic heterocycles. The van der Waals surface area contributed by atoms with Gasteiger partial charge in [-0.2, -0.15) is 9.78 Å². The van der Waals surface area contributed by atoms with Crippen LogP contribution in [0.4, 0.5) is 5.82 Å². The second-order valence-electron chi connectivity index (χ2n) is 7.13. The van der Waals surface area contributed by atoms with Gasteiger partial charge in [-0.1, -0.05) is 35.0 Å². The highest BCUT2D eigenvalue weighted by atomic mass is 35.5. The summed E-state index contributed by atoms with van der Waals surface area (Å²) in [5.74, 6) is 0.524. The number of carbonyl (C=O) groups is 1. The molecule has 0 bridgehead atoms. The normalized spacial score (nSPS) is 11.1. The van der Waals surface area contributed by atoms with Gasteiger partial charge in [0.2, 0.25) is 11.6 Å². The molecule has 3 N–H and O–H groups in total. The molecule has 0 radical (unpaired) electrons. The molecule has 2 heterocycles. The summed E-state index contributed by atoms with van der Waals surface area (Å²) in [6.45, 7) is 4.21. The second kappa shape index (κ2) is 10.7. The van der Waals surface area contributed by atoms with E-state index < -0.39 is 5.91 Å². The molecule has 0 aliphatic carbocycles. The van der Waals surface area contributed by atoms with Gasteiger partial charge in [0.15, 0.2) is 17.2 Å². The fraction of sp³-hybridized carbons (Fsp3) is 0.182. The third kappa shape index (κ3) is 5.38. The van der Waals surface area contributed by atoms with Gasteiger partial charge in [0.05, 0.1) is 18.5 Å². The molecule has 35 heavy (non-hydrogen) atoms. The number of nitrogen functional groups attached to an aromatic ring is 1. The molecule has 0 spiro atoms. The van der Waals surface area contributed by atoms with Crippen molar-refractivity contribution in [3.8, 4) is 17.3 Å². The van der Waals surface area contributed by atoms with Crippen LogP contribution < -0.4 is 20.6 Å². The number of nitrogens with zero attached hydrogens (tertiary/aromatic N) is 6. The van der Waals surface area contributed by atoms with Crippen molar-refractivity contribution in [1.29, 1.82) is 0 Å². The summed E-state index contributed by atoms with van der Waals surface area (Å²) in [5.41, 5.74) is 10.1. The number of carbonyl (C=O) groups excluding carboxylic acids is 1. The van der Waals surface area contributed by atoms with Gasteiger partial charge < -0.3 is 15.2 Å². The van der Waals surface area contributed by atoms with Gasteiger partial charge in [0.25, 0.3) is 5.91 Å². The quantitative estimate of drug-likeness (QED) is 0.262. The monoisotopic (exact) mass is 496 g/mol. The third-order valence-corrected chi connectivity index (χ3v) is 5.11. The summed E-state index contributed by atoms with van der Waals surface area (Å²) >= 11 is 6.20. The smallest absolute Gasteiger partial charge is 0.292 e. The average molecular weight is 497 g/mol. The zero-order valence-electron chi connectivity index (χ0n) is 18.8. The number of amides is 1. The van der Waals surface area contributed by atoms with E-state index in [4.69, 9.17) is 26.8 Å². The molecule has 12 nitrogen and oxygen atoms in total. The van der Waals surface area contributed by atoms with Crippen LogP contribution >= 0.6 is 11.6 Å². The number of nitrogens with one attached hydrogen (secondary N) is 1. The zero-order valence-corrected chi connectivity index (χ0v) is 19.6. The standard InChI is InChI=1S/C22H21ClN8O4/c1-3-33-18-10-14(8-9-17(18)34-12-15-6-4-5-7-16(15)23)11-25-27-22(32)19-13(2)26-30-31(19)21-20(24)28-35-29-21/h4-11H,3,12H2,1-2H3,(H2,24,28)(H,27,32)/b25-11+. The molecule has 1 amide bonds. The molecule has 180 valence electrons. The molecule has 2 aromatic carbocycles. The van der Waals surface area contributed by atoms with Gasteiger partial charge in [0, 0.05) is 10.6 Å². The molecule has 0 fully saturated rings. The van der Waals surface area contributed by atoms with Crippen molar-refractivity contribution in [1.82, 2.24) is 30.7 Å². The summed E-state index contributed by atoms with van der Waals surface area (Å²) in [6.07, 6.45) is 1.47. The number of benzene rings is 2. The van der Waals surface area contributed by atoms with E-state index in [9.17, 15) is 4.79 Å². The lowest BCUT2D eigenvalue weighted by Crippen LogP contribution is -2.22. The number of halogens is 1. The summed E-state index contributed by atoms with van der Waals surface area (Å²) in [6, 6.07) is 12.7. The number of hydrogen-bond acceptors (Lipinski definition) is 10. The topological polar surface area (TPSA) is 156 Å². The first-order chi connectivity index (χ1) is 17.0. The summed E-state index contributed by atoms with van der Waals surface area (Å²) in [5, 5.41) is 19.5. The van der Waals surface area contributed by atoms with Crippen molar-refractivity contribution >= 4 is 29.5 Å². The maximum Gasteiger partial charge on any atom is 0.292 e. The van der Waals surface area contributed by atoms with Crippen molar-refractivity contribution in [2.24, 2.45) is 5.10 Å². The number of rotatable bonds is 9. The van der Waals surface area contributed by atoms with Gasteiger partial charge in [-0.3, -0.25) is 4.79 Å². The lowest BCUT2D eigenvalue weighted by molar-refractivity contribution is 0.0946. The first-order valence-corrected chi connectivity index (χ1v) is 10.8. The zero-order chi connectivity index (χ0) is 24.8. The Balaban J connectivity index is 1.46. The molecular weight excluding hydrogens is 476 g/mol. The van der Waals surface area contributed by atoms with Crippen molar-refractivity contribution in [3.05, 3.63) is 70.0 Å². The highest BCUT2D eigenvalue weighted by molar-refractivity contribution is 6.31. The molecule has 0 saturated heterocycles. The van der Waals surface area contributed by atoms with Crippen LogP contribution in [0.2, 0.25) is 5.02 Å². The van der Waals surface area contributed by atoms with E-state index in [-0.39, 0.29) is 23.9 Å². The summed E-state index contributed by atoms with van der Waals surface area (Å²) in [4.78, 5) is 12.7. The Labute approximate surface area is 204 Å². The van der Waals surface area contributed by atoms with E-state index in [1.54, 1.807) is 31.2 Å². The first kappa shape index (κ1) is 23.7. The molecule has 13 heteroatoms. The summed E-state index contributed by atoms with van der Waals surface area (Å²) < 4.78 is 17.3. The average Bonchev–Trinajstić information content (AvgIpc) is 3.44. The van der Waals surface area contributed by atoms with Crippen LogP contribution in [0.25, 0.3) is 5.82 Å². The van der Waals surface area contributed by atoms with Crippen LogP contribution in [-0.2, 0) is 6.61 Å². The van der Waals surface area contributed by atoms with Crippen LogP contribution in [0.5, 0.6) is 11.5 Å². The van der Waals surface area contributed by atoms with Crippen molar-refractivity contribution < 1.29 is 18.9 Å². The molecule has 4 rings (SSSR count). The number of hydrazone groups is 1. The van der Waals surface area contributed by atoms with E-state index in [0.717, 1.165) is 10.2 Å². The van der Waals surface area contributed by atoms with Gasteiger partial charge in [-0.15, -0.1) is 5.10 Å². The van der Waals surface area contributed by atoms with Gasteiger partial charge in [0.1, 0.15) is 6.61 Å². The van der Waals surface area contributed by atoms with E-state index in [1.807, 2.05) is 25.1 Å². The fourth-order valence-corrected chi connectivity index (χ4v) is 3.28. The van der Waals surface area contributed by atoms with E-state index >= 15 is 0 Å². The Morgan fingerprint density at radius 2 is 2.06 bits per heavy atom. The van der Waals surface area contributed by atoms with E-state index in [2.05, 4.69) is 35.8 Å². The van der Waals surface area contributed by atoms with Crippen LogP contribution in [0.3, 0.4) is 0 Å². The van der Waals surface area contributed by atoms with Crippen molar-refractivity contribution in [3.63, 3.8) is 0 Å². The maximum absolute atomic E-state index is 12.7. The number of hydrogen-bond donors (Lipinski definition) is 2. The van der Waals surface area contributed by atoms with Crippen LogP contribution in [0.1, 0.15) is 34.2 Å². The minimum Gasteiger partial charge on any atom is -0.490 e. The Morgan fingerprint density at radius 1 is 1.23 bits per heavy atom. The number of nitrogens with two attached hydrogens (primary N) is 1. The number of aromatic nitrogens is 5. The largest absolute Gasteiger partial charge is 0.490 e. The van der Waals surface area contributed by atoms with Gasteiger partial charge in [-0.25, -0.2) is 10.1 Å². The van der Waals surface area contributed by atoms with Gasteiger partial charge >= 0.3 is 0 Å². The molecular formula is C22H21ClN8O4. The Bertz CT molecular complexity index is 1370. The third-order valence-electron chi connectivity index (χ3n) is 4.74. The minimum absolute atomic E-state index is 0.0345. The molecule has 4 aromatic rings. The number of ether oxygens (including phenoxy) is 2. The number of anilines is 1. The minimum atomic E-state index is -0.573. The lowest BCUT2D eigenvalue weighted by Gasteiger charge is -2.13. The van der Waals surface area contributed by atoms with Crippen molar-refractivity contribution in [2.75, 3.05) is 12.3 Å². The Morgan fingerprint density at radius 3 is 2.80 bits per heavy atom. The van der Waals surface area contributed by atoms with Crippen molar-refractivity contribution in [2.45, 2.75) is 20.5 Å². The molecule has 0 saturated carbocycles. The Hall–Kier alpha value is -4.45. The molecule has 0 unspecified atom stereocenters. The van der Waals surface area contributed by atoms with Crippen LogP contribution in [-0.4, -0.2) is 44.0 Å². The van der Waals surface area contributed by atoms with E-state index in [1.165, 1.54) is 6.21 Å².